The molecular weight excluding hydrogens is 562 g/mol. The second-order valence-corrected chi connectivity index (χ2v) is 10.1. The van der Waals surface area contributed by atoms with Crippen molar-refractivity contribution in [2.24, 2.45) is 4.99 Å². The number of rotatable bonds is 13. The smallest absolute Gasteiger partial charge is 0.266 e. The number of aliphatic hydroxyl groups is 1. The van der Waals surface area contributed by atoms with E-state index >= 15 is 0 Å². The topological polar surface area (TPSA) is 101 Å². The summed E-state index contributed by atoms with van der Waals surface area (Å²) in [6.45, 7) is 2.90. The van der Waals surface area contributed by atoms with Crippen LogP contribution >= 0.6 is 15.9 Å². The third-order valence-electron chi connectivity index (χ3n) is 6.66. The molecule has 9 heteroatoms. The van der Waals surface area contributed by atoms with Crippen LogP contribution in [0.4, 0.5) is 0 Å². The van der Waals surface area contributed by atoms with Crippen LogP contribution in [0.15, 0.2) is 82.3 Å². The predicted octanol–water partition coefficient (Wildman–Crippen LogP) is 4.23. The summed E-state index contributed by atoms with van der Waals surface area (Å²) >= 11 is 3.62. The summed E-state index contributed by atoms with van der Waals surface area (Å²) in [6.07, 6.45) is 1.07. The van der Waals surface area contributed by atoms with Gasteiger partial charge in [-0.25, -0.2) is 10.4 Å². The van der Waals surface area contributed by atoms with Crippen molar-refractivity contribution in [3.8, 4) is 11.5 Å². The minimum atomic E-state index is -1.19. The molecular formula is C30H34BrN3O5. The lowest BCUT2D eigenvalue weighted by atomic mass is 9.86. The van der Waals surface area contributed by atoms with Crippen LogP contribution in [0.2, 0.25) is 0 Å². The lowest BCUT2D eigenvalue weighted by Gasteiger charge is -2.28. The number of carbonyl (C=O) groups excluding carboxylic acids is 1. The third kappa shape index (κ3) is 6.98. The summed E-state index contributed by atoms with van der Waals surface area (Å²) in [5.41, 5.74) is 7.51. The summed E-state index contributed by atoms with van der Waals surface area (Å²) in [4.78, 5) is 18.7. The Kier molecular flexibility index (Phi) is 9.97. The first-order chi connectivity index (χ1) is 19.0. The number of halogens is 1. The van der Waals surface area contributed by atoms with Crippen molar-refractivity contribution in [2.45, 2.75) is 37.8 Å². The number of hydrogen-bond donors (Lipinski definition) is 3. The number of hydrogen-bond acceptors (Lipinski definition) is 7. The molecule has 206 valence electrons. The second kappa shape index (κ2) is 13.6. The molecule has 3 N–H and O–H groups in total. The van der Waals surface area contributed by atoms with Crippen molar-refractivity contribution in [1.82, 2.24) is 10.9 Å². The Bertz CT molecular complexity index is 1280. The van der Waals surface area contributed by atoms with E-state index in [0.717, 1.165) is 26.9 Å². The summed E-state index contributed by atoms with van der Waals surface area (Å²) in [7, 11) is 1.65. The van der Waals surface area contributed by atoms with Gasteiger partial charge in [-0.15, -0.1) is 0 Å². The number of aliphatic imine (C=N–C) groups is 1. The van der Waals surface area contributed by atoms with Gasteiger partial charge in [-0.3, -0.25) is 10.2 Å². The number of nitrogens with one attached hydrogen (secondary N) is 2. The van der Waals surface area contributed by atoms with Crippen LogP contribution in [-0.4, -0.2) is 55.4 Å². The highest BCUT2D eigenvalue weighted by Crippen LogP contribution is 2.34. The molecule has 3 aromatic rings. The standard InChI is InChI=1S/C30H34BrN3O5/c1-21-30(20-24-9-3-5-10-26(24)31,29(36)34-32-17-16-22-8-4-6-11-27(22)37-2)33-28(39-21)23-12-14-25(15-13-23)38-19-7-18-35/h3-6,8-15,21,32,35H,7,16-20H2,1-2H3,(H,34,36)/t21-,30-/m0/s1. The summed E-state index contributed by atoms with van der Waals surface area (Å²) in [5, 5.41) is 8.96. The number of amides is 1. The molecule has 1 heterocycles. The number of ether oxygens (including phenoxy) is 3. The van der Waals surface area contributed by atoms with Crippen molar-refractivity contribution in [1.29, 1.82) is 0 Å². The van der Waals surface area contributed by atoms with Crippen LogP contribution in [0.3, 0.4) is 0 Å². The number of para-hydroxylation sites is 1. The minimum Gasteiger partial charge on any atom is -0.496 e. The monoisotopic (exact) mass is 595 g/mol. The van der Waals surface area contributed by atoms with E-state index in [0.29, 0.717) is 44.1 Å². The summed E-state index contributed by atoms with van der Waals surface area (Å²) < 4.78 is 18.2. The molecule has 1 amide bonds. The highest BCUT2D eigenvalue weighted by atomic mass is 79.9. The number of aliphatic hydroxyl groups excluding tert-OH is 1. The largest absolute Gasteiger partial charge is 0.496 e. The van der Waals surface area contributed by atoms with Crippen molar-refractivity contribution >= 4 is 27.7 Å². The molecule has 4 rings (SSSR count). The molecule has 0 aromatic heterocycles. The normalized spacial score (nSPS) is 18.3. The molecule has 0 unspecified atom stereocenters. The van der Waals surface area contributed by atoms with Crippen LogP contribution in [-0.2, 0) is 22.4 Å². The molecule has 2 atom stereocenters. The molecule has 1 aliphatic heterocycles. The fourth-order valence-electron chi connectivity index (χ4n) is 4.43. The van der Waals surface area contributed by atoms with E-state index in [1.54, 1.807) is 7.11 Å². The minimum absolute atomic E-state index is 0.0810. The van der Waals surface area contributed by atoms with Crippen molar-refractivity contribution in [3.63, 3.8) is 0 Å². The van der Waals surface area contributed by atoms with Gasteiger partial charge in [0.1, 0.15) is 17.6 Å². The lowest BCUT2D eigenvalue weighted by Crippen LogP contribution is -2.56. The van der Waals surface area contributed by atoms with E-state index in [1.807, 2.05) is 79.7 Å². The fourth-order valence-corrected chi connectivity index (χ4v) is 4.86. The Morgan fingerprint density at radius 2 is 1.79 bits per heavy atom. The first-order valence-corrected chi connectivity index (χ1v) is 13.8. The van der Waals surface area contributed by atoms with Gasteiger partial charge in [0.05, 0.1) is 13.7 Å². The van der Waals surface area contributed by atoms with Gasteiger partial charge < -0.3 is 19.3 Å². The lowest BCUT2D eigenvalue weighted by molar-refractivity contribution is -0.129. The van der Waals surface area contributed by atoms with Crippen LogP contribution in [0.1, 0.15) is 30.0 Å². The third-order valence-corrected chi connectivity index (χ3v) is 7.43. The fraction of sp³-hybridized carbons (Fsp3) is 0.333. The van der Waals surface area contributed by atoms with E-state index in [1.165, 1.54) is 0 Å². The molecule has 0 bridgehead atoms. The zero-order valence-corrected chi connectivity index (χ0v) is 23.7. The number of methoxy groups -OCH3 is 1. The van der Waals surface area contributed by atoms with Gasteiger partial charge in [-0.2, -0.15) is 0 Å². The van der Waals surface area contributed by atoms with Gasteiger partial charge in [0.15, 0.2) is 5.54 Å². The zero-order valence-electron chi connectivity index (χ0n) is 22.2. The van der Waals surface area contributed by atoms with Gasteiger partial charge in [0, 0.05) is 36.0 Å². The number of benzene rings is 3. The average molecular weight is 597 g/mol. The van der Waals surface area contributed by atoms with Crippen LogP contribution in [0, 0.1) is 0 Å². The van der Waals surface area contributed by atoms with Crippen LogP contribution in [0.25, 0.3) is 0 Å². The number of nitrogens with zero attached hydrogens (tertiary/aromatic N) is 1. The van der Waals surface area contributed by atoms with Gasteiger partial charge in [-0.1, -0.05) is 52.3 Å². The number of hydrazine groups is 1. The molecule has 3 aromatic carbocycles. The Hall–Kier alpha value is -3.40. The molecule has 1 aliphatic rings. The quantitative estimate of drug-likeness (QED) is 0.202. The molecule has 0 aliphatic carbocycles. The molecule has 0 radical (unpaired) electrons. The van der Waals surface area contributed by atoms with E-state index in [4.69, 9.17) is 24.3 Å². The maximum Gasteiger partial charge on any atom is 0.266 e. The molecule has 39 heavy (non-hydrogen) atoms. The van der Waals surface area contributed by atoms with Crippen molar-refractivity contribution < 1.29 is 24.1 Å². The van der Waals surface area contributed by atoms with Crippen LogP contribution < -0.4 is 20.3 Å². The van der Waals surface area contributed by atoms with Gasteiger partial charge in [-0.05, 0) is 60.9 Å². The zero-order chi connectivity index (χ0) is 27.7. The molecule has 0 fully saturated rings. The average Bonchev–Trinajstić information content (AvgIpc) is 3.29. The maximum atomic E-state index is 13.8. The van der Waals surface area contributed by atoms with E-state index in [9.17, 15) is 4.79 Å². The summed E-state index contributed by atoms with van der Waals surface area (Å²) in [6, 6.07) is 23.0. The van der Waals surface area contributed by atoms with Gasteiger partial charge >= 0.3 is 0 Å². The van der Waals surface area contributed by atoms with E-state index < -0.39 is 11.6 Å². The van der Waals surface area contributed by atoms with Crippen molar-refractivity contribution in [2.75, 3.05) is 26.9 Å². The first kappa shape index (κ1) is 28.6. The SMILES string of the molecule is COc1ccccc1CCNNC(=O)[C@@]1(Cc2ccccc2Br)N=C(c2ccc(OCCCO)cc2)O[C@H]1C. The van der Waals surface area contributed by atoms with Gasteiger partial charge in [0.2, 0.25) is 5.90 Å². The summed E-state index contributed by atoms with van der Waals surface area (Å²) in [5.74, 6) is 1.63. The highest BCUT2D eigenvalue weighted by Gasteiger charge is 2.50. The van der Waals surface area contributed by atoms with Crippen molar-refractivity contribution in [3.05, 3.63) is 94.0 Å². The number of carbonyl (C=O) groups is 1. The highest BCUT2D eigenvalue weighted by molar-refractivity contribution is 9.10. The second-order valence-electron chi connectivity index (χ2n) is 9.26. The van der Waals surface area contributed by atoms with E-state index in [-0.39, 0.29) is 12.5 Å². The van der Waals surface area contributed by atoms with E-state index in [2.05, 4.69) is 26.8 Å². The predicted molar refractivity (Wildman–Crippen MR) is 154 cm³/mol. The van der Waals surface area contributed by atoms with Gasteiger partial charge in [0.25, 0.3) is 5.91 Å². The molecule has 8 nitrogen and oxygen atoms in total. The Morgan fingerprint density at radius 1 is 1.08 bits per heavy atom. The maximum absolute atomic E-state index is 13.8. The Labute approximate surface area is 237 Å². The molecule has 0 spiro atoms. The Morgan fingerprint density at radius 3 is 2.51 bits per heavy atom. The molecule has 0 saturated carbocycles. The molecule has 0 saturated heterocycles. The Balaban J connectivity index is 1.52. The van der Waals surface area contributed by atoms with Crippen LogP contribution in [0.5, 0.6) is 11.5 Å². The first-order valence-electron chi connectivity index (χ1n) is 13.0.